The standard InChI is InChI=1S/C21H24F4N2O/c1-26-11-13-27(14-12-26)10-9-20(16-5-7-18(22)8-6-16)28-19-4-2-3-17(15-19)21(23,24)25/h2-8,15,20H,9-14H2,1H3. The summed E-state index contributed by atoms with van der Waals surface area (Å²) >= 11 is 0. The van der Waals surface area contributed by atoms with E-state index in [0.29, 0.717) is 6.42 Å². The number of likely N-dealkylation sites (N-methyl/N-ethyl adjacent to an activating group) is 1. The van der Waals surface area contributed by atoms with E-state index in [1.165, 1.54) is 24.3 Å². The van der Waals surface area contributed by atoms with E-state index < -0.39 is 17.8 Å². The average Bonchev–Trinajstić information content (AvgIpc) is 2.67. The van der Waals surface area contributed by atoms with Gasteiger partial charge in [-0.2, -0.15) is 13.2 Å². The van der Waals surface area contributed by atoms with Gasteiger partial charge in [0.05, 0.1) is 5.56 Å². The van der Waals surface area contributed by atoms with Gasteiger partial charge < -0.3 is 14.5 Å². The fraction of sp³-hybridized carbons (Fsp3) is 0.429. The Balaban J connectivity index is 1.73. The van der Waals surface area contributed by atoms with Crippen molar-refractivity contribution in [3.8, 4) is 5.75 Å². The predicted molar refractivity (Wildman–Crippen MR) is 99.8 cm³/mol. The molecule has 28 heavy (non-hydrogen) atoms. The summed E-state index contributed by atoms with van der Waals surface area (Å²) in [6.07, 6.45) is -4.28. The molecule has 1 unspecified atom stereocenters. The lowest BCUT2D eigenvalue weighted by Gasteiger charge is -2.33. The van der Waals surface area contributed by atoms with Gasteiger partial charge in [-0.05, 0) is 42.9 Å². The lowest BCUT2D eigenvalue weighted by atomic mass is 10.1. The zero-order chi connectivity index (χ0) is 20.1. The van der Waals surface area contributed by atoms with E-state index in [0.717, 1.165) is 50.4 Å². The molecular weight excluding hydrogens is 372 g/mol. The third-order valence-corrected chi connectivity index (χ3v) is 4.98. The van der Waals surface area contributed by atoms with Crippen molar-refractivity contribution in [2.24, 2.45) is 0 Å². The summed E-state index contributed by atoms with van der Waals surface area (Å²) in [7, 11) is 2.08. The quantitative estimate of drug-likeness (QED) is 0.664. The van der Waals surface area contributed by atoms with Crippen molar-refractivity contribution in [1.82, 2.24) is 9.80 Å². The first kappa shape index (κ1) is 20.6. The van der Waals surface area contributed by atoms with Crippen LogP contribution in [0.4, 0.5) is 17.6 Å². The molecule has 2 aromatic carbocycles. The molecule has 1 aliphatic rings. The van der Waals surface area contributed by atoms with Crippen LogP contribution >= 0.6 is 0 Å². The maximum absolute atomic E-state index is 13.3. The number of rotatable bonds is 6. The first-order valence-corrected chi connectivity index (χ1v) is 9.31. The molecule has 152 valence electrons. The molecule has 1 aliphatic heterocycles. The van der Waals surface area contributed by atoms with Crippen LogP contribution in [0.3, 0.4) is 0 Å². The lowest BCUT2D eigenvalue weighted by molar-refractivity contribution is -0.137. The Bertz CT molecular complexity index is 756. The third kappa shape index (κ3) is 5.69. The second-order valence-electron chi connectivity index (χ2n) is 7.12. The van der Waals surface area contributed by atoms with Crippen LogP contribution in [0.1, 0.15) is 23.7 Å². The van der Waals surface area contributed by atoms with E-state index in [4.69, 9.17) is 4.74 Å². The number of hydrogen-bond donors (Lipinski definition) is 0. The maximum Gasteiger partial charge on any atom is 0.416 e. The smallest absolute Gasteiger partial charge is 0.416 e. The third-order valence-electron chi connectivity index (χ3n) is 4.98. The lowest BCUT2D eigenvalue weighted by Crippen LogP contribution is -2.45. The Morgan fingerprint density at radius 3 is 2.32 bits per heavy atom. The minimum absolute atomic E-state index is 0.155. The number of halogens is 4. The molecular formula is C21H24F4N2O. The molecule has 0 amide bonds. The molecule has 0 N–H and O–H groups in total. The van der Waals surface area contributed by atoms with Gasteiger partial charge in [-0.1, -0.05) is 18.2 Å². The maximum atomic E-state index is 13.3. The van der Waals surface area contributed by atoms with Gasteiger partial charge in [0, 0.05) is 39.1 Å². The molecule has 3 rings (SSSR count). The van der Waals surface area contributed by atoms with E-state index in [1.807, 2.05) is 0 Å². The fourth-order valence-corrected chi connectivity index (χ4v) is 3.25. The van der Waals surface area contributed by atoms with E-state index in [9.17, 15) is 17.6 Å². The van der Waals surface area contributed by atoms with Crippen molar-refractivity contribution in [2.45, 2.75) is 18.7 Å². The Labute approximate surface area is 162 Å². The zero-order valence-electron chi connectivity index (χ0n) is 15.8. The van der Waals surface area contributed by atoms with Crippen molar-refractivity contribution >= 4 is 0 Å². The summed E-state index contributed by atoms with van der Waals surface area (Å²) in [6, 6.07) is 10.8. The molecule has 0 aromatic heterocycles. The van der Waals surface area contributed by atoms with Gasteiger partial charge in [-0.3, -0.25) is 0 Å². The van der Waals surface area contributed by atoms with Gasteiger partial charge in [-0.15, -0.1) is 0 Å². The molecule has 2 aromatic rings. The van der Waals surface area contributed by atoms with E-state index >= 15 is 0 Å². The molecule has 0 radical (unpaired) electrons. The highest BCUT2D eigenvalue weighted by Gasteiger charge is 2.31. The van der Waals surface area contributed by atoms with Crippen molar-refractivity contribution < 1.29 is 22.3 Å². The Morgan fingerprint density at radius 2 is 1.68 bits per heavy atom. The topological polar surface area (TPSA) is 15.7 Å². The number of nitrogens with zero attached hydrogens (tertiary/aromatic N) is 2. The van der Waals surface area contributed by atoms with Gasteiger partial charge in [-0.25, -0.2) is 4.39 Å². The first-order valence-electron chi connectivity index (χ1n) is 9.31. The van der Waals surface area contributed by atoms with Crippen LogP contribution in [-0.4, -0.2) is 49.6 Å². The molecule has 1 heterocycles. The van der Waals surface area contributed by atoms with Crippen LogP contribution in [0.15, 0.2) is 48.5 Å². The highest BCUT2D eigenvalue weighted by molar-refractivity contribution is 5.31. The van der Waals surface area contributed by atoms with Crippen LogP contribution in [0.2, 0.25) is 0 Å². The summed E-state index contributed by atoms with van der Waals surface area (Å²) in [6.45, 7) is 4.60. The highest BCUT2D eigenvalue weighted by atomic mass is 19.4. The van der Waals surface area contributed by atoms with Crippen molar-refractivity contribution in [2.75, 3.05) is 39.8 Å². The largest absolute Gasteiger partial charge is 0.486 e. The second kappa shape index (κ2) is 8.92. The molecule has 3 nitrogen and oxygen atoms in total. The van der Waals surface area contributed by atoms with Crippen molar-refractivity contribution in [1.29, 1.82) is 0 Å². The molecule has 1 atom stereocenters. The molecule has 0 saturated carbocycles. The van der Waals surface area contributed by atoms with E-state index in [-0.39, 0.29) is 11.6 Å². The average molecular weight is 396 g/mol. The summed E-state index contributed by atoms with van der Waals surface area (Å²) in [4.78, 5) is 4.57. The van der Waals surface area contributed by atoms with Gasteiger partial charge in [0.2, 0.25) is 0 Å². The van der Waals surface area contributed by atoms with Crippen LogP contribution in [0.25, 0.3) is 0 Å². The Kier molecular flexibility index (Phi) is 6.57. The number of piperazine rings is 1. The number of ether oxygens (including phenoxy) is 1. The Morgan fingerprint density at radius 1 is 1.00 bits per heavy atom. The van der Waals surface area contributed by atoms with Gasteiger partial charge >= 0.3 is 6.18 Å². The molecule has 0 spiro atoms. The normalized spacial score (nSPS) is 17.5. The SMILES string of the molecule is CN1CCN(CCC(Oc2cccc(C(F)(F)F)c2)c2ccc(F)cc2)CC1. The monoisotopic (exact) mass is 396 g/mol. The van der Waals surface area contributed by atoms with Crippen LogP contribution in [0, 0.1) is 5.82 Å². The van der Waals surface area contributed by atoms with Gasteiger partial charge in [0.25, 0.3) is 0 Å². The van der Waals surface area contributed by atoms with Crippen LogP contribution < -0.4 is 4.74 Å². The van der Waals surface area contributed by atoms with Crippen molar-refractivity contribution in [3.63, 3.8) is 0 Å². The minimum Gasteiger partial charge on any atom is -0.486 e. The summed E-state index contributed by atoms with van der Waals surface area (Å²) in [5.74, 6) is -0.205. The van der Waals surface area contributed by atoms with Gasteiger partial charge in [0.15, 0.2) is 0 Å². The van der Waals surface area contributed by atoms with Crippen LogP contribution in [-0.2, 0) is 6.18 Å². The molecule has 1 saturated heterocycles. The first-order chi connectivity index (χ1) is 13.3. The summed E-state index contributed by atoms with van der Waals surface area (Å²) < 4.78 is 58.2. The second-order valence-corrected chi connectivity index (χ2v) is 7.12. The molecule has 0 aliphatic carbocycles. The fourth-order valence-electron chi connectivity index (χ4n) is 3.25. The number of benzene rings is 2. The van der Waals surface area contributed by atoms with Crippen LogP contribution in [0.5, 0.6) is 5.75 Å². The summed E-state index contributed by atoms with van der Waals surface area (Å²) in [5, 5.41) is 0. The molecule has 1 fully saturated rings. The summed E-state index contributed by atoms with van der Waals surface area (Å²) in [5.41, 5.74) is -0.00476. The number of alkyl halides is 3. The number of hydrogen-bond acceptors (Lipinski definition) is 3. The molecule has 7 heteroatoms. The minimum atomic E-state index is -4.43. The van der Waals surface area contributed by atoms with E-state index in [1.54, 1.807) is 12.1 Å². The van der Waals surface area contributed by atoms with Gasteiger partial charge in [0.1, 0.15) is 17.7 Å². The predicted octanol–water partition coefficient (Wildman–Crippen LogP) is 4.60. The highest BCUT2D eigenvalue weighted by Crippen LogP contribution is 2.33. The molecule has 0 bridgehead atoms. The zero-order valence-corrected chi connectivity index (χ0v) is 15.8. The van der Waals surface area contributed by atoms with E-state index in [2.05, 4.69) is 16.8 Å². The van der Waals surface area contributed by atoms with Crippen molar-refractivity contribution in [3.05, 3.63) is 65.5 Å². The Hall–Kier alpha value is -2.12.